The molecule has 1 aromatic rings. The van der Waals surface area contributed by atoms with Crippen LogP contribution in [0.25, 0.3) is 0 Å². The lowest BCUT2D eigenvalue weighted by atomic mass is 10.1. The average molecular weight is 282 g/mol. The number of thioether (sulfide) groups is 1. The highest BCUT2D eigenvalue weighted by Gasteiger charge is 2.15. The van der Waals surface area contributed by atoms with Gasteiger partial charge < -0.3 is 5.32 Å². The Morgan fingerprint density at radius 1 is 1.37 bits per heavy atom. The first-order valence-corrected chi connectivity index (χ1v) is 7.39. The fourth-order valence-corrected chi connectivity index (χ4v) is 2.55. The number of nitrogens with one attached hydrogen (secondary N) is 1. The summed E-state index contributed by atoms with van der Waals surface area (Å²) >= 11 is 1.55. The summed E-state index contributed by atoms with van der Waals surface area (Å²) in [6.45, 7) is 9.47. The molecule has 0 heterocycles. The van der Waals surface area contributed by atoms with Crippen LogP contribution in [0.15, 0.2) is 29.2 Å². The van der Waals surface area contributed by atoms with Gasteiger partial charge >= 0.3 is 0 Å². The molecular formula is C14H22N2O2S. The lowest BCUT2D eigenvalue weighted by molar-refractivity contribution is -0.387. The van der Waals surface area contributed by atoms with Gasteiger partial charge in [0.1, 0.15) is 0 Å². The minimum atomic E-state index is -0.319. The highest BCUT2D eigenvalue weighted by atomic mass is 32.2. The number of hydrogen-bond donors (Lipinski definition) is 1. The molecular weight excluding hydrogens is 260 g/mol. The van der Waals surface area contributed by atoms with Crippen molar-refractivity contribution in [3.8, 4) is 0 Å². The fourth-order valence-electron chi connectivity index (χ4n) is 1.50. The van der Waals surface area contributed by atoms with Gasteiger partial charge in [0.25, 0.3) is 5.69 Å². The first kappa shape index (κ1) is 16.0. The lowest BCUT2D eigenvalue weighted by Crippen LogP contribution is -2.39. The van der Waals surface area contributed by atoms with Crippen molar-refractivity contribution in [2.24, 2.45) is 5.92 Å². The molecule has 0 aliphatic heterocycles. The molecule has 0 saturated heterocycles. The van der Waals surface area contributed by atoms with Crippen molar-refractivity contribution in [3.05, 3.63) is 34.4 Å². The molecule has 0 bridgehead atoms. The minimum absolute atomic E-state index is 0.109. The Morgan fingerprint density at radius 2 is 2.00 bits per heavy atom. The first-order chi connectivity index (χ1) is 8.79. The Morgan fingerprint density at radius 3 is 2.58 bits per heavy atom. The second-order valence-corrected chi connectivity index (χ2v) is 6.83. The summed E-state index contributed by atoms with van der Waals surface area (Å²) in [5, 5.41) is 14.4. The van der Waals surface area contributed by atoms with Crippen LogP contribution in [0.3, 0.4) is 0 Å². The molecule has 0 radical (unpaired) electrons. The number of nitro benzene ring substituents is 1. The number of nitrogens with zero attached hydrogens (tertiary/aromatic N) is 1. The second-order valence-electron chi connectivity index (χ2n) is 5.77. The topological polar surface area (TPSA) is 55.2 Å². The van der Waals surface area contributed by atoms with Gasteiger partial charge in [0.15, 0.2) is 0 Å². The van der Waals surface area contributed by atoms with E-state index in [-0.39, 0.29) is 16.1 Å². The van der Waals surface area contributed by atoms with E-state index in [0.29, 0.717) is 5.92 Å². The Hall–Kier alpha value is -1.07. The summed E-state index contributed by atoms with van der Waals surface area (Å²) in [6, 6.07) is 6.91. The van der Waals surface area contributed by atoms with Gasteiger partial charge in [-0.2, -0.15) is 0 Å². The highest BCUT2D eigenvalue weighted by Crippen LogP contribution is 2.29. The van der Waals surface area contributed by atoms with Crippen LogP contribution in [-0.4, -0.2) is 22.8 Å². The van der Waals surface area contributed by atoms with Gasteiger partial charge in [-0.05, 0) is 39.3 Å². The minimum Gasteiger partial charge on any atom is -0.312 e. The zero-order valence-electron chi connectivity index (χ0n) is 12.0. The largest absolute Gasteiger partial charge is 0.312 e. The van der Waals surface area contributed by atoms with Gasteiger partial charge in [0.05, 0.1) is 9.82 Å². The predicted octanol–water partition coefficient (Wildman–Crippen LogP) is 3.71. The van der Waals surface area contributed by atoms with Crippen LogP contribution in [-0.2, 0) is 0 Å². The van der Waals surface area contributed by atoms with Crippen LogP contribution in [0, 0.1) is 16.0 Å². The molecule has 106 valence electrons. The molecule has 1 aromatic carbocycles. The first-order valence-electron chi connectivity index (χ1n) is 6.41. The molecule has 1 N–H and O–H groups in total. The average Bonchev–Trinajstić information content (AvgIpc) is 2.33. The maximum Gasteiger partial charge on any atom is 0.282 e. The van der Waals surface area contributed by atoms with Crippen LogP contribution in [0.1, 0.15) is 27.7 Å². The van der Waals surface area contributed by atoms with Crippen molar-refractivity contribution in [1.29, 1.82) is 0 Å². The SMILES string of the molecule is CC(CNC(C)(C)C)CSc1ccccc1[N+](=O)[O-]. The van der Waals surface area contributed by atoms with E-state index in [0.717, 1.165) is 17.2 Å². The zero-order chi connectivity index (χ0) is 14.5. The zero-order valence-corrected chi connectivity index (χ0v) is 12.8. The lowest BCUT2D eigenvalue weighted by Gasteiger charge is -2.23. The molecule has 1 unspecified atom stereocenters. The molecule has 19 heavy (non-hydrogen) atoms. The molecule has 0 amide bonds. The number of para-hydroxylation sites is 1. The van der Waals surface area contributed by atoms with Crippen LogP contribution in [0.2, 0.25) is 0 Å². The third kappa shape index (κ3) is 6.07. The molecule has 0 saturated carbocycles. The third-order valence-electron chi connectivity index (χ3n) is 2.57. The summed E-state index contributed by atoms with van der Waals surface area (Å²) in [5.74, 6) is 1.33. The smallest absolute Gasteiger partial charge is 0.282 e. The van der Waals surface area contributed by atoms with Crippen LogP contribution in [0.5, 0.6) is 0 Å². The molecule has 0 spiro atoms. The number of hydrogen-bond acceptors (Lipinski definition) is 4. The van der Waals surface area contributed by atoms with Crippen LogP contribution < -0.4 is 5.32 Å². The highest BCUT2D eigenvalue weighted by molar-refractivity contribution is 7.99. The van der Waals surface area contributed by atoms with E-state index in [9.17, 15) is 10.1 Å². The fraction of sp³-hybridized carbons (Fsp3) is 0.571. The molecule has 0 aromatic heterocycles. The Labute approximate surface area is 119 Å². The predicted molar refractivity (Wildman–Crippen MR) is 80.7 cm³/mol. The molecule has 1 rings (SSSR count). The van der Waals surface area contributed by atoms with Gasteiger partial charge in [-0.25, -0.2) is 0 Å². The summed E-state index contributed by atoms with van der Waals surface area (Å²) in [7, 11) is 0. The van der Waals surface area contributed by atoms with E-state index >= 15 is 0 Å². The van der Waals surface area contributed by atoms with E-state index in [4.69, 9.17) is 0 Å². The van der Waals surface area contributed by atoms with Gasteiger partial charge in [0.2, 0.25) is 0 Å². The van der Waals surface area contributed by atoms with Crippen molar-refractivity contribution in [1.82, 2.24) is 5.32 Å². The van der Waals surface area contributed by atoms with E-state index in [1.807, 2.05) is 12.1 Å². The number of benzene rings is 1. The van der Waals surface area contributed by atoms with Gasteiger partial charge in [0, 0.05) is 17.4 Å². The molecule has 5 heteroatoms. The Kier molecular flexibility index (Phi) is 5.82. The van der Waals surface area contributed by atoms with Gasteiger partial charge in [-0.15, -0.1) is 11.8 Å². The second kappa shape index (κ2) is 6.91. The van der Waals surface area contributed by atoms with Crippen molar-refractivity contribution in [2.45, 2.75) is 38.1 Å². The summed E-state index contributed by atoms with van der Waals surface area (Å²) in [5.41, 5.74) is 0.306. The van der Waals surface area contributed by atoms with Crippen LogP contribution >= 0.6 is 11.8 Å². The van der Waals surface area contributed by atoms with Crippen molar-refractivity contribution in [3.63, 3.8) is 0 Å². The van der Waals surface area contributed by atoms with Crippen molar-refractivity contribution < 1.29 is 4.92 Å². The van der Waals surface area contributed by atoms with E-state index in [1.165, 1.54) is 0 Å². The van der Waals surface area contributed by atoms with Gasteiger partial charge in [-0.1, -0.05) is 19.1 Å². The number of nitro groups is 1. The van der Waals surface area contributed by atoms with E-state index < -0.39 is 0 Å². The van der Waals surface area contributed by atoms with Crippen molar-refractivity contribution in [2.75, 3.05) is 12.3 Å². The quantitative estimate of drug-likeness (QED) is 0.491. The molecule has 0 fully saturated rings. The maximum absolute atomic E-state index is 10.9. The molecule has 0 aliphatic carbocycles. The van der Waals surface area contributed by atoms with E-state index in [2.05, 4.69) is 33.0 Å². The Balaban J connectivity index is 2.51. The molecule has 0 aliphatic rings. The summed E-state index contributed by atoms with van der Waals surface area (Å²) in [4.78, 5) is 11.3. The van der Waals surface area contributed by atoms with E-state index in [1.54, 1.807) is 23.9 Å². The third-order valence-corrected chi connectivity index (χ3v) is 3.96. The molecule has 4 nitrogen and oxygen atoms in total. The Bertz CT molecular complexity index is 430. The number of rotatable bonds is 6. The maximum atomic E-state index is 10.9. The monoisotopic (exact) mass is 282 g/mol. The molecule has 1 atom stereocenters. The van der Waals surface area contributed by atoms with Crippen LogP contribution in [0.4, 0.5) is 5.69 Å². The van der Waals surface area contributed by atoms with Crippen molar-refractivity contribution >= 4 is 17.4 Å². The normalized spacial score (nSPS) is 13.3. The van der Waals surface area contributed by atoms with Gasteiger partial charge in [-0.3, -0.25) is 10.1 Å². The summed E-state index contributed by atoms with van der Waals surface area (Å²) < 4.78 is 0. The standard InChI is InChI=1S/C14H22N2O2S/c1-11(9-15-14(2,3)4)10-19-13-8-6-5-7-12(13)16(17)18/h5-8,11,15H,9-10H2,1-4H3. The summed E-state index contributed by atoms with van der Waals surface area (Å²) in [6.07, 6.45) is 0.